The molecule has 6 nitrogen and oxygen atoms in total. The van der Waals surface area contributed by atoms with Gasteiger partial charge in [-0.2, -0.15) is 0 Å². The molecule has 0 bridgehead atoms. The molecule has 14 rings (SSSR count). The van der Waals surface area contributed by atoms with Crippen LogP contribution >= 0.6 is 0 Å². The van der Waals surface area contributed by atoms with Gasteiger partial charge in [0.1, 0.15) is 35.5 Å². The number of hydrogen-bond acceptors (Lipinski definition) is 5. The Kier molecular flexibility index (Phi) is 9.20. The van der Waals surface area contributed by atoms with Gasteiger partial charge in [-0.1, -0.05) is 215 Å². The highest BCUT2D eigenvalue weighted by molar-refractivity contribution is 6.11. The van der Waals surface area contributed by atoms with Gasteiger partial charge in [0.25, 0.3) is 0 Å². The molecular weight excluding hydrogens is 1000 g/mol. The minimum Gasteiger partial charge on any atom is -0.457 e. The van der Waals surface area contributed by atoms with Gasteiger partial charge in [0, 0.05) is 63.1 Å². The molecule has 2 aromatic heterocycles. The third-order valence-electron chi connectivity index (χ3n) is 14.8. The molecule has 0 aliphatic carbocycles. The topological polar surface area (TPSA) is 42.8 Å². The lowest BCUT2D eigenvalue weighted by Gasteiger charge is -2.27. The Hall–Kier alpha value is -10.4. The molecule has 0 atom stereocenters. The second kappa shape index (κ2) is 21.0. The molecule has 394 valence electrons. The van der Waals surface area contributed by atoms with Crippen molar-refractivity contribution in [3.05, 3.63) is 290 Å². The van der Waals surface area contributed by atoms with Crippen molar-refractivity contribution < 1.29 is 30.0 Å². The van der Waals surface area contributed by atoms with E-state index in [1.165, 1.54) is 0 Å². The Balaban J connectivity index is 0.892. The number of pyridine rings is 1. The van der Waals surface area contributed by atoms with Crippen molar-refractivity contribution in [2.24, 2.45) is 0 Å². The van der Waals surface area contributed by atoms with Crippen LogP contribution in [0.15, 0.2) is 285 Å². The second-order valence-corrected chi connectivity index (χ2v) is 20.9. The largest absolute Gasteiger partial charge is 0.457 e. The SMILES string of the molecule is [2H]c1c([2H])c([2H])c(-c2ccc3c(c2)c2ccc(Oc4cccc(N5CN(c6c(-c7c([2H])c([2H])c([2H])c([2H])c7[2H])cccc6-c6c([2H])c([2H])c([2H])c([2H])c6[2H])c6ccccc65)c4)cc2n3-c2cc(Oc3c(-c4ccccc4)cc(C(C)(C)C)cc3-c3ccccc3)ccn2)c([2H])c1[2H]. The fraction of sp³-hybridized carbons (Fsp3) is 0.0658. The van der Waals surface area contributed by atoms with E-state index < -0.39 is 78.6 Å². The molecule has 0 saturated heterocycles. The lowest BCUT2D eigenvalue weighted by Crippen LogP contribution is -2.24. The van der Waals surface area contributed by atoms with E-state index >= 15 is 0 Å². The zero-order valence-corrected chi connectivity index (χ0v) is 44.8. The van der Waals surface area contributed by atoms with Gasteiger partial charge in [0.15, 0.2) is 0 Å². The van der Waals surface area contributed by atoms with Gasteiger partial charge in [-0.05, 0) is 111 Å². The van der Waals surface area contributed by atoms with Gasteiger partial charge in [0.2, 0.25) is 0 Å². The third-order valence-corrected chi connectivity index (χ3v) is 14.8. The van der Waals surface area contributed by atoms with Crippen molar-refractivity contribution >= 4 is 44.6 Å². The molecule has 0 saturated carbocycles. The van der Waals surface area contributed by atoms with Gasteiger partial charge < -0.3 is 19.3 Å². The van der Waals surface area contributed by atoms with Crippen LogP contribution in [-0.2, 0) is 5.41 Å². The summed E-state index contributed by atoms with van der Waals surface area (Å²) in [5.74, 6) is 2.45. The van der Waals surface area contributed by atoms with Crippen LogP contribution in [-0.4, -0.2) is 16.2 Å². The summed E-state index contributed by atoms with van der Waals surface area (Å²) in [5, 5.41) is 1.42. The first-order chi connectivity index (χ1) is 46.5. The van der Waals surface area contributed by atoms with E-state index in [1.807, 2.05) is 142 Å². The number of fused-ring (bicyclic) bond motifs is 4. The molecule has 1 aliphatic rings. The summed E-state index contributed by atoms with van der Waals surface area (Å²) in [6, 6.07) is 51.6. The Bertz CT molecular complexity index is 5170. The average molecular weight is 1070 g/mol. The fourth-order valence-corrected chi connectivity index (χ4v) is 10.9. The summed E-state index contributed by atoms with van der Waals surface area (Å²) in [7, 11) is 0. The summed E-state index contributed by atoms with van der Waals surface area (Å²) in [4.78, 5) is 8.84. The predicted molar refractivity (Wildman–Crippen MR) is 340 cm³/mol. The molecule has 3 heterocycles. The van der Waals surface area contributed by atoms with Crippen LogP contribution in [0.3, 0.4) is 0 Å². The first kappa shape index (κ1) is 36.0. The lowest BCUT2D eigenvalue weighted by molar-refractivity contribution is 0.483. The highest BCUT2D eigenvalue weighted by Crippen LogP contribution is 2.51. The van der Waals surface area contributed by atoms with Gasteiger partial charge >= 0.3 is 0 Å². The third kappa shape index (κ3) is 9.40. The molecule has 6 heteroatoms. The van der Waals surface area contributed by atoms with E-state index in [-0.39, 0.29) is 57.7 Å². The first-order valence-electron chi connectivity index (χ1n) is 34.3. The number of rotatable bonds is 12. The Morgan fingerprint density at radius 1 is 0.415 bits per heavy atom. The van der Waals surface area contributed by atoms with E-state index in [9.17, 15) is 0 Å². The molecule has 11 aromatic carbocycles. The quantitative estimate of drug-likeness (QED) is 0.122. The number of benzene rings is 11. The summed E-state index contributed by atoms with van der Waals surface area (Å²) in [5.41, 5.74) is 8.68. The highest BCUT2D eigenvalue weighted by atomic mass is 16.5. The first-order valence-corrected chi connectivity index (χ1v) is 26.8. The number of aromatic nitrogens is 2. The van der Waals surface area contributed by atoms with Crippen molar-refractivity contribution in [3.63, 3.8) is 0 Å². The van der Waals surface area contributed by atoms with E-state index in [0.717, 1.165) is 33.2 Å². The molecule has 0 unspecified atom stereocenters. The number of hydrogen-bond donors (Lipinski definition) is 0. The van der Waals surface area contributed by atoms with Crippen LogP contribution in [0.4, 0.5) is 22.7 Å². The summed E-state index contributed by atoms with van der Waals surface area (Å²) in [6.45, 7) is 6.60. The van der Waals surface area contributed by atoms with Gasteiger partial charge in [-0.25, -0.2) is 4.98 Å². The molecule has 0 radical (unpaired) electrons. The van der Waals surface area contributed by atoms with Crippen LogP contribution in [0.1, 0.15) is 46.9 Å². The lowest BCUT2D eigenvalue weighted by atomic mass is 9.82. The zero-order valence-electron chi connectivity index (χ0n) is 59.8. The van der Waals surface area contributed by atoms with Crippen LogP contribution < -0.4 is 19.3 Å². The molecule has 1 aliphatic heterocycles. The molecular formula is C76H58N4O2. The standard InChI is InChI=1S/C76H58N4O2/c1-76(2,3)58-46-66(55-29-15-7-16-30-55)75(67(47-58)56-31-17-8-18-32-56)82-62-43-44-77-73(50-62)80-69-42-39-57(52-23-9-4-10-24-52)45-68(69)65-41-40-61(49-72(65)80)81-60-34-21-33-59(48-60)78-51-79(71-38-20-19-37-70(71)78)74-63(53-25-11-5-12-26-53)35-22-36-64(74)54-27-13-6-14-28-54/h4-50H,51H2,1-3H3/i4D,5D,6D,9D,10D,11D,12D,13D,14D,23D,24D,25D,26D,27D,28D. The molecule has 13 aromatic rings. The molecule has 0 fully saturated rings. The normalized spacial score (nSPS) is 14.8. The second-order valence-electron chi connectivity index (χ2n) is 20.9. The average Bonchev–Trinajstić information content (AvgIpc) is 1.69. The Labute approximate surface area is 500 Å². The summed E-state index contributed by atoms with van der Waals surface area (Å²) in [6.07, 6.45) is 1.69. The minimum atomic E-state index is -0.588. The zero-order chi connectivity index (χ0) is 68.2. The molecule has 82 heavy (non-hydrogen) atoms. The van der Waals surface area contributed by atoms with Crippen LogP contribution in [0.25, 0.3) is 83.3 Å². The Morgan fingerprint density at radius 2 is 0.988 bits per heavy atom. The van der Waals surface area contributed by atoms with E-state index in [1.54, 1.807) is 30.5 Å². The maximum absolute atomic E-state index is 9.15. The van der Waals surface area contributed by atoms with Crippen molar-refractivity contribution in [1.29, 1.82) is 0 Å². The number of para-hydroxylation sites is 3. The fourth-order valence-electron chi connectivity index (χ4n) is 10.9. The number of nitrogens with zero attached hydrogens (tertiary/aromatic N) is 4. The highest BCUT2D eigenvalue weighted by Gasteiger charge is 2.32. The van der Waals surface area contributed by atoms with Crippen LogP contribution in [0.2, 0.25) is 0 Å². The van der Waals surface area contributed by atoms with Gasteiger partial charge in [-0.15, -0.1) is 0 Å². The van der Waals surface area contributed by atoms with Crippen molar-refractivity contribution in [3.8, 4) is 84.5 Å². The predicted octanol–water partition coefficient (Wildman–Crippen LogP) is 20.6. The van der Waals surface area contributed by atoms with Crippen molar-refractivity contribution in [2.75, 3.05) is 16.5 Å². The number of ether oxygens (including phenoxy) is 2. The molecule has 0 spiro atoms. The van der Waals surface area contributed by atoms with Gasteiger partial charge in [-0.3, -0.25) is 4.57 Å². The monoisotopic (exact) mass is 1070 g/mol. The van der Waals surface area contributed by atoms with Crippen molar-refractivity contribution in [2.45, 2.75) is 26.2 Å². The minimum absolute atomic E-state index is 0.0280. The Morgan fingerprint density at radius 3 is 1.62 bits per heavy atom. The van der Waals surface area contributed by atoms with Crippen LogP contribution in [0, 0.1) is 0 Å². The summed E-state index contributed by atoms with van der Waals surface area (Å²) >= 11 is 0. The van der Waals surface area contributed by atoms with E-state index in [0.29, 0.717) is 67.9 Å². The molecule has 0 N–H and O–H groups in total. The maximum atomic E-state index is 9.15. The smallest absolute Gasteiger partial charge is 0.143 e. The van der Waals surface area contributed by atoms with E-state index in [4.69, 9.17) is 35.0 Å². The maximum Gasteiger partial charge on any atom is 0.143 e. The number of anilines is 4. The van der Waals surface area contributed by atoms with E-state index in [2.05, 4.69) is 57.2 Å². The summed E-state index contributed by atoms with van der Waals surface area (Å²) < 4.78 is 148. The van der Waals surface area contributed by atoms with Crippen molar-refractivity contribution in [1.82, 2.24) is 9.55 Å². The molecule has 0 amide bonds. The van der Waals surface area contributed by atoms with Gasteiger partial charge in [0.05, 0.1) is 48.7 Å². The van der Waals surface area contributed by atoms with Crippen LogP contribution in [0.5, 0.6) is 23.0 Å².